The van der Waals surface area contributed by atoms with Crippen molar-refractivity contribution in [3.05, 3.63) is 56.9 Å². The molecule has 10 nitrogen and oxygen atoms in total. The number of rotatable bonds is 3. The lowest BCUT2D eigenvalue weighted by atomic mass is 10.1. The summed E-state index contributed by atoms with van der Waals surface area (Å²) in [4.78, 5) is 25.5. The van der Waals surface area contributed by atoms with Gasteiger partial charge in [0.1, 0.15) is 17.1 Å². The summed E-state index contributed by atoms with van der Waals surface area (Å²) in [6.45, 7) is 0. The molecule has 0 saturated heterocycles. The van der Waals surface area contributed by atoms with Crippen molar-refractivity contribution in [2.75, 3.05) is 5.32 Å². The molecule has 122 valence electrons. The Labute approximate surface area is 134 Å². The highest BCUT2D eigenvalue weighted by atomic mass is 16.3. The molecular formula is C14H13N7O3. The number of hydrogen-bond donors (Lipinski definition) is 5. The van der Waals surface area contributed by atoms with E-state index in [2.05, 4.69) is 25.7 Å². The van der Waals surface area contributed by atoms with Crippen LogP contribution in [0, 0.1) is 5.41 Å². The van der Waals surface area contributed by atoms with E-state index in [1.807, 2.05) is 0 Å². The van der Waals surface area contributed by atoms with Crippen LogP contribution in [0.2, 0.25) is 0 Å². The predicted octanol–water partition coefficient (Wildman–Crippen LogP) is 0.00177. The summed E-state index contributed by atoms with van der Waals surface area (Å²) in [6, 6.07) is 6.90. The highest BCUT2D eigenvalue weighted by Gasteiger charge is 2.16. The van der Waals surface area contributed by atoms with Crippen molar-refractivity contribution in [3.63, 3.8) is 0 Å². The van der Waals surface area contributed by atoms with E-state index in [4.69, 9.17) is 5.41 Å². The molecule has 0 bridgehead atoms. The number of nitrogens with one attached hydrogen (secondary N) is 4. The lowest BCUT2D eigenvalue weighted by Gasteiger charge is -2.10. The Kier molecular flexibility index (Phi) is 3.70. The number of aromatic nitrogens is 5. The fraction of sp³-hybridized carbons (Fsp3) is 0.0714. The second-order valence-electron chi connectivity index (χ2n) is 4.95. The number of nitrogens with zero attached hydrogens (tertiary/aromatic N) is 3. The van der Waals surface area contributed by atoms with E-state index >= 15 is 0 Å². The van der Waals surface area contributed by atoms with Gasteiger partial charge in [-0.05, 0) is 12.1 Å². The third-order valence-corrected chi connectivity index (χ3v) is 3.40. The molecule has 0 radical (unpaired) electrons. The van der Waals surface area contributed by atoms with Crippen LogP contribution in [0.5, 0.6) is 5.88 Å². The quantitative estimate of drug-likeness (QED) is 0.337. The first-order valence-electron chi connectivity index (χ1n) is 6.82. The van der Waals surface area contributed by atoms with E-state index in [-0.39, 0.29) is 11.4 Å². The second kappa shape index (κ2) is 5.83. The van der Waals surface area contributed by atoms with Crippen molar-refractivity contribution < 1.29 is 5.11 Å². The molecule has 0 atom stereocenters. The zero-order chi connectivity index (χ0) is 17.3. The van der Waals surface area contributed by atoms with Crippen molar-refractivity contribution in [1.82, 2.24) is 25.0 Å². The highest BCUT2D eigenvalue weighted by Crippen LogP contribution is 2.19. The smallest absolute Gasteiger partial charge is 0.330 e. The van der Waals surface area contributed by atoms with Crippen molar-refractivity contribution in [2.24, 2.45) is 7.05 Å². The minimum Gasteiger partial charge on any atom is -0.494 e. The van der Waals surface area contributed by atoms with Crippen LogP contribution in [0.3, 0.4) is 0 Å². The van der Waals surface area contributed by atoms with Gasteiger partial charge >= 0.3 is 5.69 Å². The predicted molar refractivity (Wildman–Crippen MR) is 86.2 cm³/mol. The maximum Gasteiger partial charge on any atom is 0.330 e. The minimum atomic E-state index is -0.770. The summed E-state index contributed by atoms with van der Waals surface area (Å²) < 4.78 is 0.777. The number of aromatic hydroxyl groups is 1. The largest absolute Gasteiger partial charge is 0.494 e. The molecule has 2 aromatic heterocycles. The molecule has 0 aliphatic carbocycles. The van der Waals surface area contributed by atoms with Gasteiger partial charge in [0.25, 0.3) is 5.56 Å². The van der Waals surface area contributed by atoms with Gasteiger partial charge < -0.3 is 10.4 Å². The number of benzene rings is 1. The van der Waals surface area contributed by atoms with E-state index in [9.17, 15) is 14.7 Å². The van der Waals surface area contributed by atoms with Gasteiger partial charge in [0.2, 0.25) is 5.88 Å². The Morgan fingerprint density at radius 1 is 1.29 bits per heavy atom. The van der Waals surface area contributed by atoms with Crippen LogP contribution in [-0.4, -0.2) is 35.9 Å². The van der Waals surface area contributed by atoms with Crippen LogP contribution in [0.1, 0.15) is 5.56 Å². The molecule has 3 rings (SSSR count). The van der Waals surface area contributed by atoms with Gasteiger partial charge in [0.15, 0.2) is 0 Å². The molecular weight excluding hydrogens is 314 g/mol. The van der Waals surface area contributed by atoms with E-state index in [1.165, 1.54) is 7.05 Å². The molecule has 0 amide bonds. The first-order chi connectivity index (χ1) is 11.5. The van der Waals surface area contributed by atoms with Gasteiger partial charge in [-0.3, -0.25) is 24.9 Å². The van der Waals surface area contributed by atoms with E-state index < -0.39 is 17.1 Å². The van der Waals surface area contributed by atoms with Gasteiger partial charge in [-0.2, -0.15) is 0 Å². The van der Waals surface area contributed by atoms with Crippen LogP contribution in [0.25, 0.3) is 11.3 Å². The summed E-state index contributed by atoms with van der Waals surface area (Å²) in [5.74, 6) is -0.988. The summed E-state index contributed by atoms with van der Waals surface area (Å²) in [7, 11) is 1.25. The normalized spacial score (nSPS) is 10.5. The van der Waals surface area contributed by atoms with Gasteiger partial charge in [-0.15, -0.1) is 5.10 Å². The molecule has 1 aromatic carbocycles. The molecule has 10 heteroatoms. The maximum atomic E-state index is 12.0. The summed E-state index contributed by atoms with van der Waals surface area (Å²) >= 11 is 0. The number of H-pyrrole nitrogens is 2. The third kappa shape index (κ3) is 2.67. The van der Waals surface area contributed by atoms with E-state index in [0.717, 1.165) is 10.1 Å². The number of anilines is 1. The Morgan fingerprint density at radius 3 is 2.62 bits per heavy atom. The van der Waals surface area contributed by atoms with Crippen LogP contribution in [-0.2, 0) is 7.05 Å². The molecule has 0 spiro atoms. The average molecular weight is 327 g/mol. The fourth-order valence-corrected chi connectivity index (χ4v) is 2.11. The van der Waals surface area contributed by atoms with Gasteiger partial charge in [0.05, 0.1) is 0 Å². The monoisotopic (exact) mass is 327 g/mol. The van der Waals surface area contributed by atoms with E-state index in [1.54, 1.807) is 30.5 Å². The van der Waals surface area contributed by atoms with Crippen molar-refractivity contribution in [1.29, 1.82) is 5.41 Å². The lowest BCUT2D eigenvalue weighted by Crippen LogP contribution is -2.37. The minimum absolute atomic E-state index is 0.322. The molecule has 0 unspecified atom stereocenters. The van der Waals surface area contributed by atoms with Crippen LogP contribution in [0.4, 0.5) is 5.69 Å². The van der Waals surface area contributed by atoms with Crippen LogP contribution < -0.4 is 16.6 Å². The van der Waals surface area contributed by atoms with Crippen molar-refractivity contribution in [2.45, 2.75) is 0 Å². The summed E-state index contributed by atoms with van der Waals surface area (Å²) in [6.07, 6.45) is 1.65. The van der Waals surface area contributed by atoms with Gasteiger partial charge in [-0.1, -0.05) is 17.3 Å². The number of hydrogen-bond acceptors (Lipinski definition) is 6. The zero-order valence-electron chi connectivity index (χ0n) is 12.5. The fourth-order valence-electron chi connectivity index (χ4n) is 2.11. The molecule has 0 fully saturated rings. The molecule has 3 aromatic rings. The molecule has 2 heterocycles. The zero-order valence-corrected chi connectivity index (χ0v) is 12.5. The molecule has 0 saturated carbocycles. The summed E-state index contributed by atoms with van der Waals surface area (Å²) in [5.41, 5.74) is 0.170. The Morgan fingerprint density at radius 2 is 2.00 bits per heavy atom. The van der Waals surface area contributed by atoms with Crippen LogP contribution in [0.15, 0.2) is 40.1 Å². The van der Waals surface area contributed by atoms with E-state index in [0.29, 0.717) is 11.4 Å². The Hall–Kier alpha value is -3.69. The summed E-state index contributed by atoms with van der Waals surface area (Å²) in [5, 5.41) is 30.6. The second-order valence-corrected chi connectivity index (χ2v) is 4.95. The number of aromatic amines is 2. The lowest BCUT2D eigenvalue weighted by molar-refractivity contribution is 0.443. The maximum absolute atomic E-state index is 12.0. The molecule has 0 aliphatic heterocycles. The topological polar surface area (TPSA) is 153 Å². The van der Waals surface area contributed by atoms with Crippen molar-refractivity contribution in [3.8, 4) is 17.1 Å². The molecule has 5 N–H and O–H groups in total. The van der Waals surface area contributed by atoms with Crippen molar-refractivity contribution >= 4 is 11.5 Å². The molecule has 24 heavy (non-hydrogen) atoms. The Bertz CT molecular complexity index is 1000. The first kappa shape index (κ1) is 15.2. The Balaban J connectivity index is 1.87. The van der Waals surface area contributed by atoms with Gasteiger partial charge in [0, 0.05) is 24.5 Å². The SMILES string of the molecule is Cn1c(=O)[nH]c(O)c(C(=N)Nc2ccc(-c3c[nH]nn3)cc2)c1=O. The standard InChI is InChI=1S/C14H13N7O3/c1-21-13(23)10(12(22)18-14(21)24)11(15)17-8-4-2-7(3-5-8)9-6-16-20-19-9/h2-6,22H,1H3,(H2,15,17)(H,18,24)(H,16,19,20). The average Bonchev–Trinajstić information content (AvgIpc) is 3.08. The first-order valence-corrected chi connectivity index (χ1v) is 6.82. The number of amidine groups is 1. The third-order valence-electron chi connectivity index (χ3n) is 3.40. The molecule has 0 aliphatic rings. The van der Waals surface area contributed by atoms with Crippen LogP contribution >= 0.6 is 0 Å². The van der Waals surface area contributed by atoms with Gasteiger partial charge in [-0.25, -0.2) is 4.79 Å². The highest BCUT2D eigenvalue weighted by molar-refractivity contribution is 6.07.